The van der Waals surface area contributed by atoms with Gasteiger partial charge in [0.2, 0.25) is 5.88 Å². The summed E-state index contributed by atoms with van der Waals surface area (Å²) in [6, 6.07) is 10.8. The van der Waals surface area contributed by atoms with Crippen LogP contribution in [0.15, 0.2) is 54.6 Å². The highest BCUT2D eigenvalue weighted by Gasteiger charge is 2.37. The maximum absolute atomic E-state index is 13.3. The molecule has 0 fully saturated rings. The molecule has 9 heteroatoms. The second-order valence-electron chi connectivity index (χ2n) is 8.29. The normalized spacial score (nSPS) is 17.2. The van der Waals surface area contributed by atoms with Crippen LogP contribution >= 0.6 is 0 Å². The number of alkyl halides is 6. The van der Waals surface area contributed by atoms with Crippen LogP contribution in [-0.2, 0) is 18.8 Å². The SMILES string of the molecule is C[C@H](Oc1ccc2c(n1)C(c1ccc(F)cc1)CCC2)c1cc(C(F)(F)F)cc(C(F)(F)F)c1. The fourth-order valence-electron chi connectivity index (χ4n) is 4.18. The molecule has 0 saturated carbocycles. The van der Waals surface area contributed by atoms with Gasteiger partial charge in [0, 0.05) is 12.0 Å². The molecule has 0 amide bonds. The van der Waals surface area contributed by atoms with Gasteiger partial charge in [0.1, 0.15) is 11.9 Å². The summed E-state index contributed by atoms with van der Waals surface area (Å²) in [7, 11) is 0. The van der Waals surface area contributed by atoms with Gasteiger partial charge in [-0.3, -0.25) is 0 Å². The van der Waals surface area contributed by atoms with Crippen molar-refractivity contribution in [2.75, 3.05) is 0 Å². The van der Waals surface area contributed by atoms with E-state index in [0.29, 0.717) is 17.8 Å². The van der Waals surface area contributed by atoms with Crippen molar-refractivity contribution in [2.24, 2.45) is 0 Å². The number of pyridine rings is 1. The molecule has 3 aromatic rings. The van der Waals surface area contributed by atoms with E-state index in [1.54, 1.807) is 24.3 Å². The van der Waals surface area contributed by atoms with E-state index in [1.807, 2.05) is 0 Å². The van der Waals surface area contributed by atoms with Gasteiger partial charge >= 0.3 is 12.4 Å². The van der Waals surface area contributed by atoms with Crippen LogP contribution in [0.5, 0.6) is 5.88 Å². The zero-order valence-electron chi connectivity index (χ0n) is 18.0. The zero-order chi connectivity index (χ0) is 24.7. The fraction of sp³-hybridized carbons (Fsp3) is 0.320. The molecule has 2 nitrogen and oxygen atoms in total. The molecule has 0 N–H and O–H groups in total. The molecule has 0 radical (unpaired) electrons. The molecule has 0 bridgehead atoms. The van der Waals surface area contributed by atoms with Gasteiger partial charge in [0.05, 0.1) is 16.8 Å². The molecule has 1 aromatic heterocycles. The Morgan fingerprint density at radius 1 is 0.882 bits per heavy atom. The number of rotatable bonds is 4. The molecule has 2 atom stereocenters. The van der Waals surface area contributed by atoms with Crippen LogP contribution in [0, 0.1) is 5.82 Å². The quantitative estimate of drug-likeness (QED) is 0.353. The van der Waals surface area contributed by atoms with Gasteiger partial charge in [0.25, 0.3) is 0 Å². The van der Waals surface area contributed by atoms with Crippen molar-refractivity contribution < 1.29 is 35.5 Å². The highest BCUT2D eigenvalue weighted by molar-refractivity contribution is 5.39. The lowest BCUT2D eigenvalue weighted by Crippen LogP contribution is -2.16. The first-order chi connectivity index (χ1) is 15.9. The molecule has 1 heterocycles. The van der Waals surface area contributed by atoms with E-state index in [2.05, 4.69) is 4.98 Å². The van der Waals surface area contributed by atoms with Crippen molar-refractivity contribution in [3.05, 3.63) is 93.9 Å². The number of benzene rings is 2. The second-order valence-corrected chi connectivity index (χ2v) is 8.29. The summed E-state index contributed by atoms with van der Waals surface area (Å²) in [5.74, 6) is -0.391. The van der Waals surface area contributed by atoms with Crippen LogP contribution in [0.25, 0.3) is 0 Å². The van der Waals surface area contributed by atoms with Crippen molar-refractivity contribution in [3.8, 4) is 5.88 Å². The third-order valence-corrected chi connectivity index (χ3v) is 5.91. The maximum atomic E-state index is 13.3. The van der Waals surface area contributed by atoms with Crippen LogP contribution in [0.1, 0.15) is 65.3 Å². The lowest BCUT2D eigenvalue weighted by Gasteiger charge is -2.26. The first kappa shape index (κ1) is 24.0. The lowest BCUT2D eigenvalue weighted by molar-refractivity contribution is -0.143. The molecule has 0 saturated heterocycles. The first-order valence-corrected chi connectivity index (χ1v) is 10.6. The minimum absolute atomic E-state index is 0.0840. The molecule has 1 unspecified atom stereocenters. The molecule has 180 valence electrons. The Morgan fingerprint density at radius 2 is 1.50 bits per heavy atom. The van der Waals surface area contributed by atoms with Crippen LogP contribution < -0.4 is 4.74 Å². The van der Waals surface area contributed by atoms with Gasteiger partial charge in [-0.15, -0.1) is 0 Å². The summed E-state index contributed by atoms with van der Waals surface area (Å²) < 4.78 is 98.2. The number of hydrogen-bond donors (Lipinski definition) is 0. The number of ether oxygens (including phenoxy) is 1. The summed E-state index contributed by atoms with van der Waals surface area (Å²) in [6.45, 7) is 1.37. The fourth-order valence-corrected chi connectivity index (χ4v) is 4.18. The van der Waals surface area contributed by atoms with Crippen LogP contribution in [0.2, 0.25) is 0 Å². The van der Waals surface area contributed by atoms with Crippen LogP contribution in [-0.4, -0.2) is 4.98 Å². The molecular formula is C25H20F7NO. The summed E-state index contributed by atoms with van der Waals surface area (Å²) >= 11 is 0. The van der Waals surface area contributed by atoms with Crippen molar-refractivity contribution >= 4 is 0 Å². The third-order valence-electron chi connectivity index (χ3n) is 5.91. The lowest BCUT2D eigenvalue weighted by atomic mass is 9.82. The second kappa shape index (κ2) is 8.92. The van der Waals surface area contributed by atoms with Gasteiger partial charge in [0.15, 0.2) is 0 Å². The van der Waals surface area contributed by atoms with E-state index >= 15 is 0 Å². The Morgan fingerprint density at radius 3 is 2.09 bits per heavy atom. The molecule has 4 rings (SSSR count). The first-order valence-electron chi connectivity index (χ1n) is 10.6. The Bertz CT molecular complexity index is 1140. The highest BCUT2D eigenvalue weighted by Crippen LogP contribution is 2.39. The standard InChI is InChI=1S/C25H20F7NO/c1-14(17-11-18(24(27,28)29)13-19(12-17)25(30,31)32)34-22-10-7-16-3-2-4-21(23(16)33-22)15-5-8-20(26)9-6-15/h5-14,21H,2-4H2,1H3/t14-,21?/m0/s1. The summed E-state index contributed by atoms with van der Waals surface area (Å²) in [5.41, 5.74) is -0.517. The van der Waals surface area contributed by atoms with Gasteiger partial charge < -0.3 is 4.74 Å². The maximum Gasteiger partial charge on any atom is 0.416 e. The summed E-state index contributed by atoms with van der Waals surface area (Å²) in [4.78, 5) is 4.54. The van der Waals surface area contributed by atoms with Gasteiger partial charge in [-0.25, -0.2) is 9.37 Å². The highest BCUT2D eigenvalue weighted by atomic mass is 19.4. The summed E-state index contributed by atoms with van der Waals surface area (Å²) in [5, 5.41) is 0. The average Bonchev–Trinajstić information content (AvgIpc) is 2.78. The van der Waals surface area contributed by atoms with Crippen LogP contribution in [0.4, 0.5) is 30.7 Å². The molecular weight excluding hydrogens is 463 g/mol. The Kier molecular flexibility index (Phi) is 6.31. The number of fused-ring (bicyclic) bond motifs is 1. The van der Waals surface area contributed by atoms with E-state index in [1.165, 1.54) is 19.1 Å². The number of halogens is 7. The van der Waals surface area contributed by atoms with Crippen molar-refractivity contribution in [3.63, 3.8) is 0 Å². The Labute approximate surface area is 191 Å². The van der Waals surface area contributed by atoms with E-state index in [4.69, 9.17) is 4.74 Å². The topological polar surface area (TPSA) is 22.1 Å². The van der Waals surface area contributed by atoms with Gasteiger partial charge in [-0.2, -0.15) is 26.3 Å². The third kappa shape index (κ3) is 5.18. The zero-order valence-corrected chi connectivity index (χ0v) is 18.0. The molecule has 2 aromatic carbocycles. The smallest absolute Gasteiger partial charge is 0.416 e. The molecule has 1 aliphatic rings. The van der Waals surface area contributed by atoms with Gasteiger partial charge in [-0.1, -0.05) is 18.2 Å². The van der Waals surface area contributed by atoms with E-state index in [0.717, 1.165) is 30.4 Å². The molecule has 34 heavy (non-hydrogen) atoms. The average molecular weight is 483 g/mol. The van der Waals surface area contributed by atoms with Crippen LogP contribution in [0.3, 0.4) is 0 Å². The largest absolute Gasteiger partial charge is 0.470 e. The van der Waals surface area contributed by atoms with E-state index in [-0.39, 0.29) is 29.2 Å². The van der Waals surface area contributed by atoms with Crippen molar-refractivity contribution in [2.45, 2.75) is 50.6 Å². The Balaban J connectivity index is 1.65. The Hall–Kier alpha value is -3.10. The molecule has 1 aliphatic carbocycles. The predicted octanol–water partition coefficient (Wildman–Crippen LogP) is 7.87. The summed E-state index contributed by atoms with van der Waals surface area (Å²) in [6.07, 6.45) is -8.56. The number of hydrogen-bond acceptors (Lipinski definition) is 2. The minimum Gasteiger partial charge on any atom is -0.470 e. The van der Waals surface area contributed by atoms with E-state index in [9.17, 15) is 30.7 Å². The van der Waals surface area contributed by atoms with E-state index < -0.39 is 29.6 Å². The minimum atomic E-state index is -4.94. The number of nitrogens with zero attached hydrogens (tertiary/aromatic N) is 1. The molecule has 0 aliphatic heterocycles. The predicted molar refractivity (Wildman–Crippen MR) is 111 cm³/mol. The molecule has 0 spiro atoms. The number of aryl methyl sites for hydroxylation is 1. The van der Waals surface area contributed by atoms with Crippen molar-refractivity contribution in [1.82, 2.24) is 4.98 Å². The van der Waals surface area contributed by atoms with Crippen molar-refractivity contribution in [1.29, 1.82) is 0 Å². The van der Waals surface area contributed by atoms with Gasteiger partial charge in [-0.05, 0) is 73.2 Å². The number of aromatic nitrogens is 1. The monoisotopic (exact) mass is 483 g/mol.